The molecule has 0 aliphatic carbocycles. The number of aliphatic imine (C=N–C) groups is 1. The van der Waals surface area contributed by atoms with E-state index in [9.17, 15) is 4.79 Å². The minimum atomic E-state index is -0.140. The molecule has 0 bridgehead atoms. The topological polar surface area (TPSA) is 95.7 Å². The molecule has 2 heterocycles. The Labute approximate surface area is 157 Å². The highest BCUT2D eigenvalue weighted by atomic mass is 16.1. The highest BCUT2D eigenvalue weighted by Gasteiger charge is 2.07. The van der Waals surface area contributed by atoms with Crippen molar-refractivity contribution in [1.29, 1.82) is 0 Å². The summed E-state index contributed by atoms with van der Waals surface area (Å²) in [6.07, 6.45) is 2.83. The zero-order valence-electron chi connectivity index (χ0n) is 15.4. The van der Waals surface area contributed by atoms with Crippen LogP contribution < -0.4 is 16.0 Å². The van der Waals surface area contributed by atoms with E-state index >= 15 is 0 Å². The summed E-state index contributed by atoms with van der Waals surface area (Å²) >= 11 is 0. The smallest absolute Gasteiger partial charge is 0.243 e. The third-order valence-corrected chi connectivity index (χ3v) is 4.06. The number of carbonyl (C=O) groups excluding carboxylic acids is 1. The maximum Gasteiger partial charge on any atom is 0.243 e. The molecule has 2 aromatic heterocycles. The monoisotopic (exact) mass is 365 g/mol. The average molecular weight is 365 g/mol. The molecule has 0 saturated carbocycles. The zero-order chi connectivity index (χ0) is 19.1. The Morgan fingerprint density at radius 2 is 2.04 bits per heavy atom. The number of aryl methyl sites for hydroxylation is 1. The lowest BCUT2D eigenvalue weighted by atomic mass is 10.1. The van der Waals surface area contributed by atoms with Crippen LogP contribution in [0.4, 0.5) is 5.69 Å². The Bertz CT molecular complexity index is 948. The van der Waals surface area contributed by atoms with Crippen LogP contribution in [0.15, 0.2) is 53.7 Å². The first-order valence-corrected chi connectivity index (χ1v) is 8.81. The highest BCUT2D eigenvalue weighted by Crippen LogP contribution is 2.10. The molecule has 0 radical (unpaired) electrons. The average Bonchev–Trinajstić information content (AvgIpc) is 3.11. The minimum absolute atomic E-state index is 0.108. The van der Waals surface area contributed by atoms with Gasteiger partial charge in [-0.25, -0.2) is 0 Å². The third kappa shape index (κ3) is 4.81. The number of hydrogen-bond donors (Lipinski definition) is 3. The molecule has 27 heavy (non-hydrogen) atoms. The van der Waals surface area contributed by atoms with Gasteiger partial charge in [0.25, 0.3) is 0 Å². The van der Waals surface area contributed by atoms with Gasteiger partial charge in [-0.05, 0) is 36.2 Å². The lowest BCUT2D eigenvalue weighted by Crippen LogP contribution is -2.41. The number of anilines is 1. The Morgan fingerprint density at radius 3 is 2.85 bits per heavy atom. The summed E-state index contributed by atoms with van der Waals surface area (Å²) in [7, 11) is 1.65. The van der Waals surface area contributed by atoms with Crippen molar-refractivity contribution in [2.24, 2.45) is 4.99 Å². The summed E-state index contributed by atoms with van der Waals surface area (Å²) < 4.78 is 1.90. The second kappa shape index (κ2) is 8.79. The van der Waals surface area contributed by atoms with Crippen molar-refractivity contribution in [3.8, 4) is 0 Å². The number of benzene rings is 1. The summed E-state index contributed by atoms with van der Waals surface area (Å²) in [4.78, 5) is 16.3. The first kappa shape index (κ1) is 18.4. The molecule has 3 aromatic rings. The zero-order valence-corrected chi connectivity index (χ0v) is 15.4. The SMILES string of the molecule is CCc1cccc(NC(=O)CNC(=NC)NCc2nnc3ccccn23)c1. The van der Waals surface area contributed by atoms with Crippen LogP contribution in [0, 0.1) is 0 Å². The normalized spacial score (nSPS) is 11.4. The maximum absolute atomic E-state index is 12.2. The number of nitrogens with zero attached hydrogens (tertiary/aromatic N) is 4. The van der Waals surface area contributed by atoms with E-state index in [4.69, 9.17) is 0 Å². The van der Waals surface area contributed by atoms with Crippen molar-refractivity contribution in [3.63, 3.8) is 0 Å². The fraction of sp³-hybridized carbons (Fsp3) is 0.263. The molecule has 1 amide bonds. The number of nitrogens with one attached hydrogen (secondary N) is 3. The number of amides is 1. The van der Waals surface area contributed by atoms with Crippen molar-refractivity contribution in [2.45, 2.75) is 19.9 Å². The van der Waals surface area contributed by atoms with Crippen molar-refractivity contribution < 1.29 is 4.79 Å². The first-order valence-electron chi connectivity index (χ1n) is 8.81. The summed E-state index contributed by atoms with van der Waals surface area (Å²) in [6.45, 7) is 2.62. The lowest BCUT2D eigenvalue weighted by molar-refractivity contribution is -0.115. The number of rotatable bonds is 6. The van der Waals surface area contributed by atoms with Crippen molar-refractivity contribution >= 4 is 23.2 Å². The summed E-state index contributed by atoms with van der Waals surface area (Å²) in [5, 5.41) is 17.3. The van der Waals surface area contributed by atoms with Crippen molar-refractivity contribution in [2.75, 3.05) is 18.9 Å². The number of carbonyl (C=O) groups is 1. The van der Waals surface area contributed by atoms with E-state index in [1.165, 1.54) is 5.56 Å². The number of fused-ring (bicyclic) bond motifs is 1. The van der Waals surface area contributed by atoms with Gasteiger partial charge in [-0.2, -0.15) is 0 Å². The van der Waals surface area contributed by atoms with Crippen LogP contribution in [0.25, 0.3) is 5.65 Å². The molecule has 1 aromatic carbocycles. The van der Waals surface area contributed by atoms with Gasteiger partial charge in [0.15, 0.2) is 17.4 Å². The Morgan fingerprint density at radius 1 is 1.15 bits per heavy atom. The van der Waals surface area contributed by atoms with E-state index in [-0.39, 0.29) is 12.5 Å². The van der Waals surface area contributed by atoms with Crippen LogP contribution in [0.5, 0.6) is 0 Å². The first-order chi connectivity index (χ1) is 13.2. The fourth-order valence-electron chi connectivity index (χ4n) is 2.63. The van der Waals surface area contributed by atoms with Crippen molar-refractivity contribution in [1.82, 2.24) is 25.2 Å². The van der Waals surface area contributed by atoms with E-state index in [0.717, 1.165) is 23.6 Å². The fourth-order valence-corrected chi connectivity index (χ4v) is 2.63. The second-order valence-electron chi connectivity index (χ2n) is 5.93. The number of aromatic nitrogens is 3. The highest BCUT2D eigenvalue weighted by molar-refractivity contribution is 5.95. The van der Waals surface area contributed by atoms with Crippen LogP contribution in [0.3, 0.4) is 0 Å². The van der Waals surface area contributed by atoms with Crippen LogP contribution in [-0.4, -0.2) is 40.1 Å². The van der Waals surface area contributed by atoms with E-state index < -0.39 is 0 Å². The minimum Gasteiger partial charge on any atom is -0.349 e. The summed E-state index contributed by atoms with van der Waals surface area (Å²) in [5.41, 5.74) is 2.75. The van der Waals surface area contributed by atoms with Crippen LogP contribution >= 0.6 is 0 Å². The van der Waals surface area contributed by atoms with E-state index in [0.29, 0.717) is 12.5 Å². The molecule has 0 spiro atoms. The van der Waals surface area contributed by atoms with E-state index in [1.54, 1.807) is 7.05 Å². The molecule has 0 atom stereocenters. The van der Waals surface area contributed by atoms with Crippen LogP contribution in [-0.2, 0) is 17.8 Å². The van der Waals surface area contributed by atoms with Gasteiger partial charge >= 0.3 is 0 Å². The predicted octanol–water partition coefficient (Wildman–Crippen LogP) is 1.60. The molecular weight excluding hydrogens is 342 g/mol. The third-order valence-electron chi connectivity index (χ3n) is 4.06. The largest absolute Gasteiger partial charge is 0.349 e. The molecule has 3 N–H and O–H groups in total. The molecule has 3 rings (SSSR count). The van der Waals surface area contributed by atoms with Gasteiger partial charge in [0.2, 0.25) is 5.91 Å². The summed E-state index contributed by atoms with van der Waals surface area (Å²) in [6, 6.07) is 13.5. The Hall–Kier alpha value is -3.42. The molecule has 0 saturated heterocycles. The van der Waals surface area contributed by atoms with Gasteiger partial charge in [-0.15, -0.1) is 10.2 Å². The quantitative estimate of drug-likeness (QED) is 0.455. The van der Waals surface area contributed by atoms with Gasteiger partial charge < -0.3 is 16.0 Å². The summed E-state index contributed by atoms with van der Waals surface area (Å²) in [5.74, 6) is 1.13. The molecule has 0 aliphatic heterocycles. The second-order valence-corrected chi connectivity index (χ2v) is 5.93. The van der Waals surface area contributed by atoms with Crippen LogP contribution in [0.2, 0.25) is 0 Å². The maximum atomic E-state index is 12.2. The van der Waals surface area contributed by atoms with Gasteiger partial charge in [-0.3, -0.25) is 14.2 Å². The Balaban J connectivity index is 1.50. The lowest BCUT2D eigenvalue weighted by Gasteiger charge is -2.12. The number of pyridine rings is 1. The van der Waals surface area contributed by atoms with E-state index in [2.05, 4.69) is 38.1 Å². The van der Waals surface area contributed by atoms with Gasteiger partial charge in [0.1, 0.15) is 0 Å². The van der Waals surface area contributed by atoms with E-state index in [1.807, 2.05) is 53.1 Å². The number of guanidine groups is 1. The molecule has 8 nitrogen and oxygen atoms in total. The molecule has 0 unspecified atom stereocenters. The number of hydrogen-bond acceptors (Lipinski definition) is 4. The molecule has 0 fully saturated rings. The van der Waals surface area contributed by atoms with Gasteiger partial charge in [0.05, 0.1) is 13.1 Å². The van der Waals surface area contributed by atoms with Gasteiger partial charge in [0, 0.05) is 18.9 Å². The standard InChI is InChI=1S/C19H23N7O/c1-3-14-7-6-8-15(11-14)23-18(27)13-22-19(20-2)21-12-17-25-24-16-9-4-5-10-26(16)17/h4-11H,3,12-13H2,1-2H3,(H,23,27)(H2,20,21,22). The molecule has 140 valence electrons. The van der Waals surface area contributed by atoms with Crippen molar-refractivity contribution in [3.05, 3.63) is 60.0 Å². The van der Waals surface area contributed by atoms with Gasteiger partial charge in [-0.1, -0.05) is 25.1 Å². The predicted molar refractivity (Wildman–Crippen MR) is 106 cm³/mol. The molecular formula is C19H23N7O. The molecule has 0 aliphatic rings. The Kier molecular flexibility index (Phi) is 5.98. The van der Waals surface area contributed by atoms with Crippen LogP contribution in [0.1, 0.15) is 18.3 Å². The molecule has 8 heteroatoms.